The van der Waals surface area contributed by atoms with Crippen molar-refractivity contribution in [2.75, 3.05) is 16.8 Å². The van der Waals surface area contributed by atoms with E-state index in [0.29, 0.717) is 27.5 Å². The highest BCUT2D eigenvalue weighted by Crippen LogP contribution is 2.32. The Morgan fingerprint density at radius 1 is 0.958 bits per heavy atom. The van der Waals surface area contributed by atoms with Crippen molar-refractivity contribution >= 4 is 46.3 Å². The SMILES string of the molecule is CCN(c1ccccc1)c1nccc(Nc2c(Cl)cccc2Cl)n1. The normalized spacial score (nSPS) is 10.5. The van der Waals surface area contributed by atoms with Crippen LogP contribution in [0.5, 0.6) is 0 Å². The Bertz CT molecular complexity index is 804. The van der Waals surface area contributed by atoms with Gasteiger partial charge in [-0.25, -0.2) is 4.98 Å². The van der Waals surface area contributed by atoms with Gasteiger partial charge in [-0.3, -0.25) is 0 Å². The first kappa shape index (κ1) is 16.6. The van der Waals surface area contributed by atoms with Crippen LogP contribution in [0.4, 0.5) is 23.1 Å². The van der Waals surface area contributed by atoms with Gasteiger partial charge in [0.25, 0.3) is 0 Å². The molecule has 3 aromatic rings. The summed E-state index contributed by atoms with van der Waals surface area (Å²) in [7, 11) is 0. The average Bonchev–Trinajstić information content (AvgIpc) is 2.60. The molecule has 6 heteroatoms. The van der Waals surface area contributed by atoms with Gasteiger partial charge in [0.05, 0.1) is 15.7 Å². The minimum Gasteiger partial charge on any atom is -0.338 e. The largest absolute Gasteiger partial charge is 0.338 e. The van der Waals surface area contributed by atoms with Crippen molar-refractivity contribution in [2.24, 2.45) is 0 Å². The Morgan fingerprint density at radius 2 is 1.67 bits per heavy atom. The Hall–Kier alpha value is -2.30. The molecule has 0 saturated carbocycles. The standard InChI is InChI=1S/C18H16Cl2N4/c1-2-24(13-7-4-3-5-8-13)18-21-12-11-16(23-18)22-17-14(19)9-6-10-15(17)20/h3-12H,2H2,1H3,(H,21,22,23). The van der Waals surface area contributed by atoms with Crippen LogP contribution in [0, 0.1) is 0 Å². The van der Waals surface area contributed by atoms with E-state index in [2.05, 4.69) is 22.2 Å². The van der Waals surface area contributed by atoms with Gasteiger partial charge in [0.15, 0.2) is 0 Å². The number of halogens is 2. The number of hydrogen-bond donors (Lipinski definition) is 1. The van der Waals surface area contributed by atoms with Crippen molar-refractivity contribution in [3.05, 3.63) is 70.8 Å². The number of hydrogen-bond acceptors (Lipinski definition) is 4. The molecular weight excluding hydrogens is 343 g/mol. The molecule has 1 aromatic heterocycles. The molecule has 24 heavy (non-hydrogen) atoms. The zero-order valence-electron chi connectivity index (χ0n) is 13.1. The second kappa shape index (κ2) is 7.51. The minimum atomic E-state index is 0.540. The van der Waals surface area contributed by atoms with Crippen LogP contribution in [0.3, 0.4) is 0 Å². The summed E-state index contributed by atoms with van der Waals surface area (Å²) in [5.41, 5.74) is 1.67. The van der Waals surface area contributed by atoms with Crippen LogP contribution < -0.4 is 10.2 Å². The predicted octanol–water partition coefficient (Wildman–Crippen LogP) is 5.69. The monoisotopic (exact) mass is 358 g/mol. The Kier molecular flexibility index (Phi) is 5.18. The van der Waals surface area contributed by atoms with Gasteiger partial charge in [-0.05, 0) is 37.3 Å². The summed E-state index contributed by atoms with van der Waals surface area (Å²) in [6.45, 7) is 2.81. The molecule has 1 heterocycles. The van der Waals surface area contributed by atoms with Crippen molar-refractivity contribution in [1.29, 1.82) is 0 Å². The topological polar surface area (TPSA) is 41.1 Å². The third-order valence-electron chi connectivity index (χ3n) is 3.48. The molecule has 3 rings (SSSR count). The zero-order valence-corrected chi connectivity index (χ0v) is 14.6. The summed E-state index contributed by atoms with van der Waals surface area (Å²) in [6.07, 6.45) is 1.71. The number of rotatable bonds is 5. The van der Waals surface area contributed by atoms with Gasteiger partial charge >= 0.3 is 0 Å². The molecule has 0 bridgehead atoms. The van der Waals surface area contributed by atoms with Gasteiger partial charge in [0, 0.05) is 18.4 Å². The number of aromatic nitrogens is 2. The summed E-state index contributed by atoms with van der Waals surface area (Å²) in [4.78, 5) is 11.0. The van der Waals surface area contributed by atoms with Crippen molar-refractivity contribution < 1.29 is 0 Å². The van der Waals surface area contributed by atoms with Gasteiger partial charge < -0.3 is 10.2 Å². The van der Waals surface area contributed by atoms with Gasteiger partial charge in [-0.15, -0.1) is 0 Å². The van der Waals surface area contributed by atoms with E-state index in [-0.39, 0.29) is 0 Å². The van der Waals surface area contributed by atoms with E-state index >= 15 is 0 Å². The van der Waals surface area contributed by atoms with Gasteiger partial charge in [0.2, 0.25) is 5.95 Å². The van der Waals surface area contributed by atoms with E-state index in [1.807, 2.05) is 35.2 Å². The lowest BCUT2D eigenvalue weighted by Gasteiger charge is -2.21. The molecule has 0 aliphatic heterocycles. The van der Waals surface area contributed by atoms with Crippen molar-refractivity contribution in [3.8, 4) is 0 Å². The van der Waals surface area contributed by atoms with Crippen molar-refractivity contribution in [3.63, 3.8) is 0 Å². The highest BCUT2D eigenvalue weighted by atomic mass is 35.5. The highest BCUT2D eigenvalue weighted by molar-refractivity contribution is 6.39. The Labute approximate surface area is 151 Å². The molecule has 0 saturated heterocycles. The maximum absolute atomic E-state index is 6.20. The molecule has 4 nitrogen and oxygen atoms in total. The summed E-state index contributed by atoms with van der Waals surface area (Å²) < 4.78 is 0. The van der Waals surface area contributed by atoms with E-state index in [4.69, 9.17) is 23.2 Å². The molecule has 0 spiro atoms. The maximum Gasteiger partial charge on any atom is 0.231 e. The average molecular weight is 359 g/mol. The fraction of sp³-hybridized carbons (Fsp3) is 0.111. The van der Waals surface area contributed by atoms with Crippen LogP contribution in [0.25, 0.3) is 0 Å². The third kappa shape index (κ3) is 3.61. The first-order valence-electron chi connectivity index (χ1n) is 7.55. The van der Waals surface area contributed by atoms with E-state index < -0.39 is 0 Å². The second-order valence-electron chi connectivity index (χ2n) is 5.04. The minimum absolute atomic E-state index is 0.540. The molecule has 0 atom stereocenters. The Balaban J connectivity index is 1.92. The highest BCUT2D eigenvalue weighted by Gasteiger charge is 2.12. The van der Waals surface area contributed by atoms with E-state index in [1.165, 1.54) is 0 Å². The van der Waals surface area contributed by atoms with Crippen molar-refractivity contribution in [1.82, 2.24) is 9.97 Å². The molecular formula is C18H16Cl2N4. The number of para-hydroxylation sites is 2. The Morgan fingerprint density at radius 3 is 2.33 bits per heavy atom. The van der Waals surface area contributed by atoms with Gasteiger partial charge in [-0.2, -0.15) is 4.98 Å². The summed E-state index contributed by atoms with van der Waals surface area (Å²) in [6, 6.07) is 17.1. The van der Waals surface area contributed by atoms with E-state index in [1.54, 1.807) is 30.5 Å². The summed E-state index contributed by atoms with van der Waals surface area (Å²) >= 11 is 12.4. The molecule has 0 amide bonds. The molecule has 0 radical (unpaired) electrons. The van der Waals surface area contributed by atoms with E-state index in [0.717, 1.165) is 12.2 Å². The predicted molar refractivity (Wildman–Crippen MR) is 101 cm³/mol. The summed E-state index contributed by atoms with van der Waals surface area (Å²) in [5, 5.41) is 4.25. The van der Waals surface area contributed by atoms with Crippen LogP contribution in [0.15, 0.2) is 60.8 Å². The lowest BCUT2D eigenvalue weighted by atomic mass is 10.3. The number of nitrogens with one attached hydrogen (secondary N) is 1. The van der Waals surface area contributed by atoms with Crippen LogP contribution in [0.1, 0.15) is 6.92 Å². The van der Waals surface area contributed by atoms with Crippen LogP contribution >= 0.6 is 23.2 Å². The number of benzene rings is 2. The van der Waals surface area contributed by atoms with Crippen molar-refractivity contribution in [2.45, 2.75) is 6.92 Å². The van der Waals surface area contributed by atoms with Crippen LogP contribution in [0.2, 0.25) is 10.0 Å². The molecule has 0 aliphatic rings. The molecule has 0 fully saturated rings. The third-order valence-corrected chi connectivity index (χ3v) is 4.11. The fourth-order valence-electron chi connectivity index (χ4n) is 2.34. The van der Waals surface area contributed by atoms with E-state index in [9.17, 15) is 0 Å². The van der Waals surface area contributed by atoms with Gasteiger partial charge in [-0.1, -0.05) is 47.5 Å². The summed E-state index contributed by atoms with van der Waals surface area (Å²) in [5.74, 6) is 1.24. The van der Waals surface area contributed by atoms with Crippen LogP contribution in [-0.2, 0) is 0 Å². The zero-order chi connectivity index (χ0) is 16.9. The molecule has 0 aliphatic carbocycles. The number of nitrogens with zero attached hydrogens (tertiary/aromatic N) is 3. The van der Waals surface area contributed by atoms with Crippen LogP contribution in [-0.4, -0.2) is 16.5 Å². The van der Waals surface area contributed by atoms with Gasteiger partial charge in [0.1, 0.15) is 5.82 Å². The lowest BCUT2D eigenvalue weighted by Crippen LogP contribution is -2.19. The first-order valence-corrected chi connectivity index (χ1v) is 8.31. The number of anilines is 4. The molecule has 122 valence electrons. The first-order chi connectivity index (χ1) is 11.7. The quantitative estimate of drug-likeness (QED) is 0.636. The molecule has 1 N–H and O–H groups in total. The molecule has 2 aromatic carbocycles. The fourth-order valence-corrected chi connectivity index (χ4v) is 2.83. The smallest absolute Gasteiger partial charge is 0.231 e. The maximum atomic E-state index is 6.20. The molecule has 0 unspecified atom stereocenters. The second-order valence-corrected chi connectivity index (χ2v) is 5.86. The lowest BCUT2D eigenvalue weighted by molar-refractivity contribution is 0.948.